The summed E-state index contributed by atoms with van der Waals surface area (Å²) in [7, 11) is 0. The molecule has 0 unspecified atom stereocenters. The van der Waals surface area contributed by atoms with Gasteiger partial charge in [-0.3, -0.25) is 14.9 Å². The molecule has 0 bridgehead atoms. The third-order valence-corrected chi connectivity index (χ3v) is 2.37. The molecule has 0 N–H and O–H groups in total. The monoisotopic (exact) mass is 300 g/mol. The molecule has 0 saturated heterocycles. The maximum atomic E-state index is 12.3. The number of halogens is 2. The van der Waals surface area contributed by atoms with Crippen molar-refractivity contribution < 1.29 is 28.0 Å². The summed E-state index contributed by atoms with van der Waals surface area (Å²) >= 11 is 0. The topological polar surface area (TPSA) is 102 Å². The molecule has 1 aromatic carbocycles. The summed E-state index contributed by atoms with van der Waals surface area (Å²) < 4.78 is 33.4. The van der Waals surface area contributed by atoms with Gasteiger partial charge in [0.25, 0.3) is 0 Å². The molecular weight excluding hydrogens is 290 g/mol. The van der Waals surface area contributed by atoms with E-state index in [0.717, 1.165) is 12.1 Å². The first kappa shape index (κ1) is 16.3. The molecule has 0 atom stereocenters. The van der Waals surface area contributed by atoms with E-state index in [9.17, 15) is 23.7 Å². The summed E-state index contributed by atoms with van der Waals surface area (Å²) in [5.41, 5.74) is -1.44. The minimum absolute atomic E-state index is 0.0727. The Morgan fingerprint density at radius 3 is 2.67 bits per heavy atom. The second-order valence-corrected chi connectivity index (χ2v) is 3.68. The maximum absolute atomic E-state index is 12.3. The lowest BCUT2D eigenvalue weighted by Crippen LogP contribution is -2.12. The Labute approximate surface area is 117 Å². The Morgan fingerprint density at radius 1 is 1.52 bits per heavy atom. The van der Waals surface area contributed by atoms with Crippen molar-refractivity contribution in [1.82, 2.24) is 0 Å². The first-order chi connectivity index (χ1) is 9.90. The van der Waals surface area contributed by atoms with E-state index in [2.05, 4.69) is 9.47 Å². The van der Waals surface area contributed by atoms with E-state index in [1.54, 1.807) is 6.92 Å². The molecule has 21 heavy (non-hydrogen) atoms. The zero-order valence-corrected chi connectivity index (χ0v) is 10.8. The standard InChI is InChI=1S/C12H10F2N2O5/c1-2-20-9(17)5-7-3-4-8(6-15)11(21-12(13)14)10(7)16(18)19/h3-4,12H,2,5H2,1H3. The first-order valence-corrected chi connectivity index (χ1v) is 5.71. The van der Waals surface area contributed by atoms with Gasteiger partial charge in [0.05, 0.1) is 18.0 Å². The number of nitriles is 1. The van der Waals surface area contributed by atoms with Crippen LogP contribution in [0.3, 0.4) is 0 Å². The van der Waals surface area contributed by atoms with Crippen LogP contribution in [0.15, 0.2) is 12.1 Å². The van der Waals surface area contributed by atoms with Gasteiger partial charge in [0.1, 0.15) is 11.6 Å². The molecule has 0 heterocycles. The van der Waals surface area contributed by atoms with Crippen LogP contribution in [-0.2, 0) is 16.0 Å². The van der Waals surface area contributed by atoms with Crippen LogP contribution >= 0.6 is 0 Å². The highest BCUT2D eigenvalue weighted by atomic mass is 19.3. The second kappa shape index (κ2) is 7.14. The van der Waals surface area contributed by atoms with Crippen molar-refractivity contribution in [3.8, 4) is 11.8 Å². The molecule has 112 valence electrons. The van der Waals surface area contributed by atoms with Crippen molar-refractivity contribution in [3.05, 3.63) is 33.4 Å². The van der Waals surface area contributed by atoms with Crippen molar-refractivity contribution in [3.63, 3.8) is 0 Å². The summed E-state index contributed by atoms with van der Waals surface area (Å²) in [5.74, 6) is -1.62. The number of nitro benzene ring substituents is 1. The number of benzene rings is 1. The van der Waals surface area contributed by atoms with Crippen LogP contribution in [0.1, 0.15) is 18.1 Å². The molecule has 0 saturated carbocycles. The van der Waals surface area contributed by atoms with E-state index < -0.39 is 40.9 Å². The predicted octanol–water partition coefficient (Wildman–Crippen LogP) is 2.17. The van der Waals surface area contributed by atoms with Gasteiger partial charge in [-0.05, 0) is 19.1 Å². The lowest BCUT2D eigenvalue weighted by atomic mass is 10.1. The van der Waals surface area contributed by atoms with Gasteiger partial charge in [0, 0.05) is 5.56 Å². The number of ether oxygens (including phenoxy) is 2. The van der Waals surface area contributed by atoms with Crippen LogP contribution in [0.5, 0.6) is 5.75 Å². The van der Waals surface area contributed by atoms with Crippen molar-refractivity contribution in [1.29, 1.82) is 5.26 Å². The molecule has 1 aromatic rings. The summed E-state index contributed by atoms with van der Waals surface area (Å²) in [4.78, 5) is 21.4. The van der Waals surface area contributed by atoms with E-state index in [4.69, 9.17) is 5.26 Å². The highest BCUT2D eigenvalue weighted by Gasteiger charge is 2.28. The average Bonchev–Trinajstić information content (AvgIpc) is 2.38. The van der Waals surface area contributed by atoms with E-state index in [-0.39, 0.29) is 12.2 Å². The Kier molecular flexibility index (Phi) is 5.54. The van der Waals surface area contributed by atoms with E-state index >= 15 is 0 Å². The zero-order valence-electron chi connectivity index (χ0n) is 10.8. The molecule has 0 aromatic heterocycles. The van der Waals surface area contributed by atoms with Gasteiger partial charge in [0.2, 0.25) is 5.75 Å². The fourth-order valence-corrected chi connectivity index (χ4v) is 1.62. The van der Waals surface area contributed by atoms with E-state index in [0.29, 0.717) is 0 Å². The number of rotatable bonds is 6. The summed E-state index contributed by atoms with van der Waals surface area (Å²) in [5, 5.41) is 19.9. The minimum Gasteiger partial charge on any atom is -0.466 e. The number of carbonyl (C=O) groups is 1. The number of nitro groups is 1. The zero-order chi connectivity index (χ0) is 16.0. The smallest absolute Gasteiger partial charge is 0.387 e. The molecule has 0 radical (unpaired) electrons. The number of alkyl halides is 2. The molecule has 7 nitrogen and oxygen atoms in total. The van der Waals surface area contributed by atoms with Gasteiger partial charge in [-0.2, -0.15) is 14.0 Å². The molecule has 0 aliphatic rings. The lowest BCUT2D eigenvalue weighted by molar-refractivity contribution is -0.387. The van der Waals surface area contributed by atoms with Crippen LogP contribution in [-0.4, -0.2) is 24.1 Å². The van der Waals surface area contributed by atoms with Crippen LogP contribution in [0.2, 0.25) is 0 Å². The first-order valence-electron chi connectivity index (χ1n) is 5.71. The Balaban J connectivity index is 3.35. The Bertz CT molecular complexity index is 598. The number of hydrogen-bond donors (Lipinski definition) is 0. The number of esters is 1. The van der Waals surface area contributed by atoms with Crippen LogP contribution in [0.4, 0.5) is 14.5 Å². The largest absolute Gasteiger partial charge is 0.466 e. The fourth-order valence-electron chi connectivity index (χ4n) is 1.62. The molecule has 9 heteroatoms. The molecule has 0 amide bonds. The molecule has 0 fully saturated rings. The van der Waals surface area contributed by atoms with Gasteiger partial charge in [-0.1, -0.05) is 0 Å². The molecule has 1 rings (SSSR count). The number of nitrogens with zero attached hydrogens (tertiary/aromatic N) is 2. The SMILES string of the molecule is CCOC(=O)Cc1ccc(C#N)c(OC(F)F)c1[N+](=O)[O-]. The van der Waals surface area contributed by atoms with E-state index in [1.165, 1.54) is 6.07 Å². The number of hydrogen-bond acceptors (Lipinski definition) is 6. The van der Waals surface area contributed by atoms with Gasteiger partial charge in [-0.15, -0.1) is 0 Å². The normalized spacial score (nSPS) is 10.0. The van der Waals surface area contributed by atoms with Crippen molar-refractivity contribution >= 4 is 11.7 Å². The fraction of sp³-hybridized carbons (Fsp3) is 0.333. The van der Waals surface area contributed by atoms with Gasteiger partial charge in [-0.25, -0.2) is 0 Å². The molecule has 0 spiro atoms. The highest BCUT2D eigenvalue weighted by Crippen LogP contribution is 2.35. The second-order valence-electron chi connectivity index (χ2n) is 3.68. The van der Waals surface area contributed by atoms with Gasteiger partial charge < -0.3 is 9.47 Å². The summed E-state index contributed by atoms with van der Waals surface area (Å²) in [6.45, 7) is -1.71. The third-order valence-electron chi connectivity index (χ3n) is 2.37. The van der Waals surface area contributed by atoms with Crippen molar-refractivity contribution in [2.45, 2.75) is 20.0 Å². The average molecular weight is 300 g/mol. The van der Waals surface area contributed by atoms with Crippen LogP contribution in [0, 0.1) is 21.4 Å². The number of carbonyl (C=O) groups excluding carboxylic acids is 1. The van der Waals surface area contributed by atoms with Crippen molar-refractivity contribution in [2.75, 3.05) is 6.61 Å². The highest BCUT2D eigenvalue weighted by molar-refractivity contribution is 5.76. The molecule has 0 aliphatic carbocycles. The van der Waals surface area contributed by atoms with Crippen LogP contribution in [0.25, 0.3) is 0 Å². The minimum atomic E-state index is -3.34. The van der Waals surface area contributed by atoms with Gasteiger partial charge >= 0.3 is 18.3 Å². The molecular formula is C12H10F2N2O5. The quantitative estimate of drug-likeness (QED) is 0.453. The summed E-state index contributed by atoms with van der Waals surface area (Å²) in [6, 6.07) is 3.72. The molecule has 0 aliphatic heterocycles. The third kappa shape index (κ3) is 4.10. The van der Waals surface area contributed by atoms with Crippen LogP contribution < -0.4 is 4.74 Å². The summed E-state index contributed by atoms with van der Waals surface area (Å²) in [6.07, 6.45) is -0.491. The van der Waals surface area contributed by atoms with Gasteiger partial charge in [0.15, 0.2) is 0 Å². The van der Waals surface area contributed by atoms with E-state index in [1.807, 2.05) is 0 Å². The Hall–Kier alpha value is -2.76. The lowest BCUT2D eigenvalue weighted by Gasteiger charge is -2.10. The Morgan fingerprint density at radius 2 is 2.19 bits per heavy atom. The predicted molar refractivity (Wildman–Crippen MR) is 64.8 cm³/mol. The maximum Gasteiger partial charge on any atom is 0.387 e. The van der Waals surface area contributed by atoms with Crippen molar-refractivity contribution in [2.24, 2.45) is 0 Å².